The summed E-state index contributed by atoms with van der Waals surface area (Å²) in [6.45, 7) is 11.7. The number of benzene rings is 2. The van der Waals surface area contributed by atoms with Crippen LogP contribution in [0.25, 0.3) is 0 Å². The van der Waals surface area contributed by atoms with Crippen molar-refractivity contribution >= 4 is 82.5 Å². The lowest BCUT2D eigenvalue weighted by Gasteiger charge is -2.45. The van der Waals surface area contributed by atoms with E-state index in [4.69, 9.17) is 11.6 Å². The molecule has 2 aromatic carbocycles. The molecule has 2 aromatic rings. The number of rotatable bonds is 12. The zero-order valence-electron chi connectivity index (χ0n) is 61.3. The van der Waals surface area contributed by atoms with Gasteiger partial charge in [0.15, 0.2) is 0 Å². The van der Waals surface area contributed by atoms with Crippen LogP contribution < -0.4 is 16.0 Å². The molecule has 0 radical (unpaired) electrons. The van der Waals surface area contributed by atoms with E-state index in [1.54, 1.807) is 26.0 Å². The van der Waals surface area contributed by atoms with E-state index in [0.717, 1.165) is 30.5 Å². The lowest BCUT2D eigenvalue weighted by Crippen LogP contribution is -2.65. The zero-order valence-corrected chi connectivity index (χ0v) is 62.0. The molecule has 3 saturated heterocycles. The lowest BCUT2D eigenvalue weighted by atomic mass is 9.90. The molecule has 0 bridgehead atoms. The van der Waals surface area contributed by atoms with E-state index in [-0.39, 0.29) is 82.5 Å². The van der Waals surface area contributed by atoms with Crippen LogP contribution >= 0.6 is 11.6 Å². The Hall–Kier alpha value is -7.84. The predicted molar refractivity (Wildman–Crippen MR) is 373 cm³/mol. The van der Waals surface area contributed by atoms with Crippen LogP contribution in [0.15, 0.2) is 42.5 Å². The van der Waals surface area contributed by atoms with Gasteiger partial charge in [-0.2, -0.15) is 13.2 Å². The molecule has 12 amide bonds. The van der Waals surface area contributed by atoms with Crippen molar-refractivity contribution in [3.05, 3.63) is 69.7 Å². The first kappa shape index (κ1) is 80.5. The number of halogens is 4. The van der Waals surface area contributed by atoms with Gasteiger partial charge in [-0.3, -0.25) is 57.5 Å². The monoisotopic (exact) mass is 1430 g/mol. The summed E-state index contributed by atoms with van der Waals surface area (Å²) in [4.78, 5) is 191. The third kappa shape index (κ3) is 18.7. The molecule has 5 fully saturated rings. The largest absolute Gasteiger partial charge is 0.417 e. The van der Waals surface area contributed by atoms with Crippen molar-refractivity contribution in [2.45, 2.75) is 224 Å². The van der Waals surface area contributed by atoms with Crippen LogP contribution in [-0.2, 0) is 76.6 Å². The van der Waals surface area contributed by atoms with Crippen molar-refractivity contribution in [2.75, 3.05) is 75.5 Å². The molecule has 3 aliphatic heterocycles. The molecule has 3 N–H and O–H groups in total. The highest BCUT2D eigenvalue weighted by atomic mass is 35.5. The Bertz CT molecular complexity index is 3380. The van der Waals surface area contributed by atoms with Gasteiger partial charge >= 0.3 is 6.18 Å². The molecule has 10 atom stereocenters. The van der Waals surface area contributed by atoms with Crippen LogP contribution in [0.4, 0.5) is 13.2 Å². The molecule has 28 heteroatoms. The summed E-state index contributed by atoms with van der Waals surface area (Å²) in [7, 11) is 10.1. The lowest BCUT2D eigenvalue weighted by molar-refractivity contribution is -0.160. The van der Waals surface area contributed by atoms with Gasteiger partial charge in [-0.05, 0) is 126 Å². The van der Waals surface area contributed by atoms with Crippen LogP contribution in [0, 0.1) is 24.7 Å². The maximum atomic E-state index is 15.6. The normalized spacial score (nSPS) is 26.5. The molecule has 2 saturated carbocycles. The van der Waals surface area contributed by atoms with Gasteiger partial charge < -0.3 is 60.0 Å². The Labute approximate surface area is 597 Å². The van der Waals surface area contributed by atoms with Crippen molar-refractivity contribution in [3.63, 3.8) is 0 Å². The molecular formula is C73H106ClF3N12O12. The second-order valence-corrected chi connectivity index (χ2v) is 29.6. The fourth-order valence-electron chi connectivity index (χ4n) is 14.9. The number of alkyl halides is 3. The average molecular weight is 1440 g/mol. The Morgan fingerprint density at radius 1 is 0.673 bits per heavy atom. The molecule has 0 unspecified atom stereocenters. The quantitative estimate of drug-likeness (QED) is 0.234. The number of nitrogens with zero attached hydrogens (tertiary/aromatic N) is 9. The van der Waals surface area contributed by atoms with E-state index < -0.39 is 172 Å². The van der Waals surface area contributed by atoms with Gasteiger partial charge in [0.1, 0.15) is 59.9 Å². The molecule has 7 rings (SSSR count). The van der Waals surface area contributed by atoms with E-state index in [1.165, 1.54) is 106 Å². The van der Waals surface area contributed by atoms with Gasteiger partial charge in [-0.25, -0.2) is 0 Å². The molecule has 101 heavy (non-hydrogen) atoms. The van der Waals surface area contributed by atoms with Crippen molar-refractivity contribution in [3.8, 4) is 0 Å². The number of aryl methyl sites for hydroxylation is 2. The minimum Gasteiger partial charge on any atom is -0.347 e. The van der Waals surface area contributed by atoms with E-state index in [9.17, 15) is 46.7 Å². The van der Waals surface area contributed by atoms with Gasteiger partial charge in [0, 0.05) is 75.4 Å². The van der Waals surface area contributed by atoms with Gasteiger partial charge in [0.05, 0.1) is 23.6 Å². The molecule has 0 aromatic heterocycles. The number of amides is 12. The van der Waals surface area contributed by atoms with Gasteiger partial charge in [-0.15, -0.1) is 0 Å². The third-order valence-electron chi connectivity index (χ3n) is 21.7. The van der Waals surface area contributed by atoms with Crippen molar-refractivity contribution in [2.24, 2.45) is 17.8 Å². The first-order valence-electron chi connectivity index (χ1n) is 35.7. The second kappa shape index (κ2) is 34.4. The molecule has 558 valence electrons. The minimum absolute atomic E-state index is 0.0224. The summed E-state index contributed by atoms with van der Waals surface area (Å²) in [6.07, 6.45) is -0.707. The number of fused-ring (bicyclic) bond motifs is 2. The summed E-state index contributed by atoms with van der Waals surface area (Å²) < 4.78 is 41.7. The number of carbonyl (C=O) groups excluding carboxylic acids is 12. The van der Waals surface area contributed by atoms with Crippen molar-refractivity contribution < 1.29 is 70.7 Å². The topological polar surface area (TPSA) is 270 Å². The van der Waals surface area contributed by atoms with Crippen LogP contribution in [0.5, 0.6) is 0 Å². The van der Waals surface area contributed by atoms with E-state index in [1.807, 2.05) is 39.8 Å². The van der Waals surface area contributed by atoms with Crippen LogP contribution in [0.2, 0.25) is 5.02 Å². The van der Waals surface area contributed by atoms with Gasteiger partial charge in [-0.1, -0.05) is 107 Å². The Balaban J connectivity index is 1.31. The Morgan fingerprint density at radius 3 is 1.86 bits per heavy atom. The molecule has 24 nitrogen and oxygen atoms in total. The number of nitrogens with one attached hydrogen (secondary N) is 3. The van der Waals surface area contributed by atoms with E-state index >= 15 is 24.0 Å². The fourth-order valence-corrected chi connectivity index (χ4v) is 15.2. The minimum atomic E-state index is -4.77. The summed E-state index contributed by atoms with van der Waals surface area (Å²) in [5, 5.41) is 8.17. The Kier molecular flexibility index (Phi) is 27.4. The van der Waals surface area contributed by atoms with E-state index in [2.05, 4.69) is 16.0 Å². The predicted octanol–water partition coefficient (Wildman–Crippen LogP) is 5.61. The van der Waals surface area contributed by atoms with E-state index in [0.29, 0.717) is 44.1 Å². The van der Waals surface area contributed by atoms with Gasteiger partial charge in [0.2, 0.25) is 70.9 Å². The zero-order chi connectivity index (χ0) is 74.9. The first-order chi connectivity index (χ1) is 47.5. The number of hydrogen-bond acceptors (Lipinski definition) is 12. The first-order valence-corrected chi connectivity index (χ1v) is 36.1. The summed E-state index contributed by atoms with van der Waals surface area (Å²) in [5.41, 5.74) is -0.794. The number of carbonyl (C=O) groups is 12. The highest BCUT2D eigenvalue weighted by molar-refractivity contribution is 6.31. The smallest absolute Gasteiger partial charge is 0.347 e. The van der Waals surface area contributed by atoms with Crippen LogP contribution in [0.1, 0.15) is 160 Å². The molecule has 2 aliphatic carbocycles. The molecule has 3 heterocycles. The second-order valence-electron chi connectivity index (χ2n) is 29.2. The highest BCUT2D eigenvalue weighted by Gasteiger charge is 2.52. The summed E-state index contributed by atoms with van der Waals surface area (Å²) in [6, 6.07) is -0.837. The van der Waals surface area contributed by atoms with Crippen molar-refractivity contribution in [1.29, 1.82) is 0 Å². The van der Waals surface area contributed by atoms with Gasteiger partial charge in [0.25, 0.3) is 0 Å². The molecule has 1 spiro atoms. The number of likely N-dealkylation sites (N-methyl/N-ethyl adjacent to an activating group) is 7. The SMILES string of the molecule is CC[C@H](C)[C@@H]1NC(=O)[C@H](CC(C)C)N(C)C(=O)C[C@@H](C(=O)N(C)C)N(C)C(=O)[C@H](C2CCCC2)N(C)C(=O)C2(CCCC2)NC(=O)[C@@H]2CCCN2C(=O)[C@H](CCc2ccc(C(F)(F)F)c(Cl)c2)NC(=O)CN(CC)C(=O)[C@H](Cc2ccc(C)cc2)N(C)C(=O)[C@@H]2CCN2C(=O)[C@H](C)N(C)C1=O. The molecular weight excluding hydrogens is 1330 g/mol. The maximum absolute atomic E-state index is 15.6. The van der Waals surface area contributed by atoms with Crippen LogP contribution in [-0.4, -0.2) is 250 Å². The average Bonchev–Trinajstić information content (AvgIpc) is 1.53. The Morgan fingerprint density at radius 2 is 1.30 bits per heavy atom. The summed E-state index contributed by atoms with van der Waals surface area (Å²) >= 11 is 6.17. The summed E-state index contributed by atoms with van der Waals surface area (Å²) in [5.74, 6) is -9.05. The van der Waals surface area contributed by atoms with Crippen molar-refractivity contribution in [1.82, 2.24) is 60.0 Å². The standard InChI is InChI=1S/C73H106ClF3N12O12/c1-15-45(6)60-69(99)82(10)46(7)64(94)89-37-33-54(89)67(97)84(12)56(40-48-27-25-44(5)26-28-48)68(98)87(16-2)42-58(90)78-52(32-30-47-29-31-50(51(74)39-47)73(75,76)77)65(95)88-36-21-24-53(88)63(93)80-72(34-19-20-35-72)71(101)86(14)61(49-22-17-18-23-49)70(100)85(13)57(66(96)81(8)9)41-59(91)83(11)55(38-43(3)4)62(92)79-60/h25-29,31,39,43,45-46,49,52-57,60-61H,15-24,30,32-38,40-42H2,1-14H3,(H,78,90)(H,79,92)(H,80,93)/t45-,46-,52-,53-,54-,55-,56-,57-,60-,61-/m0/s1. The third-order valence-corrected chi connectivity index (χ3v) is 22.0. The number of hydrogen-bond donors (Lipinski definition) is 3. The maximum Gasteiger partial charge on any atom is 0.417 e. The fraction of sp³-hybridized carbons (Fsp3) is 0.671. The molecule has 5 aliphatic rings. The highest BCUT2D eigenvalue weighted by Crippen LogP contribution is 2.39. The van der Waals surface area contributed by atoms with Crippen LogP contribution in [0.3, 0.4) is 0 Å².